The lowest BCUT2D eigenvalue weighted by molar-refractivity contribution is 0.00818. The molecule has 4 heteroatoms. The molecule has 0 unspecified atom stereocenters. The van der Waals surface area contributed by atoms with E-state index in [1.807, 2.05) is 19.1 Å². The predicted octanol–water partition coefficient (Wildman–Crippen LogP) is 2.17. The molecule has 0 aromatic carbocycles. The first-order valence-electron chi connectivity index (χ1n) is 5.24. The average molecular weight is 227 g/mol. The molecule has 1 aliphatic rings. The standard InChI is InChI=1S/C11H15ClN2O/c1-8(15-9-4-6-13-7-9)10-3-2-5-14-11(10)12/h2-3,5,8-9,13H,4,6-7H2,1H3/t8-,9-/m1/s1. The van der Waals surface area contributed by atoms with E-state index in [0.29, 0.717) is 11.3 Å². The number of hydrogen-bond donors (Lipinski definition) is 1. The molecule has 0 spiro atoms. The lowest BCUT2D eigenvalue weighted by Gasteiger charge is -2.18. The van der Waals surface area contributed by atoms with Gasteiger partial charge >= 0.3 is 0 Å². The molecule has 1 N–H and O–H groups in total. The van der Waals surface area contributed by atoms with E-state index in [9.17, 15) is 0 Å². The lowest BCUT2D eigenvalue weighted by atomic mass is 10.2. The zero-order valence-electron chi connectivity index (χ0n) is 8.74. The van der Waals surface area contributed by atoms with Gasteiger partial charge in [-0.1, -0.05) is 17.7 Å². The Morgan fingerprint density at radius 1 is 1.67 bits per heavy atom. The third kappa shape index (κ3) is 2.68. The second kappa shape index (κ2) is 4.92. The smallest absolute Gasteiger partial charge is 0.134 e. The Bertz CT molecular complexity index is 326. The maximum Gasteiger partial charge on any atom is 0.134 e. The number of halogens is 1. The molecule has 1 aromatic rings. The number of hydrogen-bond acceptors (Lipinski definition) is 3. The van der Waals surface area contributed by atoms with Crippen molar-refractivity contribution in [3.8, 4) is 0 Å². The van der Waals surface area contributed by atoms with Gasteiger partial charge in [0, 0.05) is 18.3 Å². The molecule has 0 aliphatic carbocycles. The van der Waals surface area contributed by atoms with E-state index in [0.717, 1.165) is 25.1 Å². The number of aromatic nitrogens is 1. The SMILES string of the molecule is C[C@@H](O[C@@H]1CCNC1)c1cccnc1Cl. The summed E-state index contributed by atoms with van der Waals surface area (Å²) in [6.07, 6.45) is 3.07. The summed E-state index contributed by atoms with van der Waals surface area (Å²) in [5, 5.41) is 3.81. The highest BCUT2D eigenvalue weighted by atomic mass is 35.5. The quantitative estimate of drug-likeness (QED) is 0.803. The van der Waals surface area contributed by atoms with Crippen LogP contribution in [-0.4, -0.2) is 24.2 Å². The molecule has 1 aliphatic heterocycles. The summed E-state index contributed by atoms with van der Waals surface area (Å²) in [6.45, 7) is 3.99. The van der Waals surface area contributed by atoms with Crippen molar-refractivity contribution in [2.75, 3.05) is 13.1 Å². The highest BCUT2D eigenvalue weighted by molar-refractivity contribution is 6.30. The van der Waals surface area contributed by atoms with Gasteiger partial charge in [0.05, 0.1) is 12.2 Å². The molecule has 2 rings (SSSR count). The maximum atomic E-state index is 6.00. The van der Waals surface area contributed by atoms with Gasteiger partial charge in [0.25, 0.3) is 0 Å². The molecule has 2 atom stereocenters. The van der Waals surface area contributed by atoms with Gasteiger partial charge in [-0.15, -0.1) is 0 Å². The Labute approximate surface area is 94.8 Å². The minimum Gasteiger partial charge on any atom is -0.369 e. The van der Waals surface area contributed by atoms with Crippen molar-refractivity contribution in [2.45, 2.75) is 25.6 Å². The second-order valence-electron chi connectivity index (χ2n) is 3.78. The van der Waals surface area contributed by atoms with Gasteiger partial charge in [0.15, 0.2) is 0 Å². The zero-order valence-corrected chi connectivity index (χ0v) is 9.50. The first-order valence-corrected chi connectivity index (χ1v) is 5.62. The Balaban J connectivity index is 2.00. The summed E-state index contributed by atoms with van der Waals surface area (Å²) >= 11 is 6.00. The summed E-state index contributed by atoms with van der Waals surface area (Å²) in [5.41, 5.74) is 0.964. The molecule has 1 saturated heterocycles. The molecule has 0 radical (unpaired) electrons. The Hall–Kier alpha value is -0.640. The molecule has 82 valence electrons. The van der Waals surface area contributed by atoms with Crippen LogP contribution in [0.25, 0.3) is 0 Å². The predicted molar refractivity (Wildman–Crippen MR) is 60.0 cm³/mol. The molecule has 3 nitrogen and oxygen atoms in total. The fourth-order valence-corrected chi connectivity index (χ4v) is 2.08. The number of ether oxygens (including phenoxy) is 1. The first-order chi connectivity index (χ1) is 7.27. The van der Waals surface area contributed by atoms with Crippen molar-refractivity contribution in [1.82, 2.24) is 10.3 Å². The maximum absolute atomic E-state index is 6.00. The van der Waals surface area contributed by atoms with Crippen LogP contribution in [0.15, 0.2) is 18.3 Å². The Morgan fingerprint density at radius 3 is 3.20 bits per heavy atom. The average Bonchev–Trinajstić information content (AvgIpc) is 2.71. The molecular formula is C11H15ClN2O. The normalized spacial score (nSPS) is 22.9. The molecule has 0 bridgehead atoms. The van der Waals surface area contributed by atoms with Crippen molar-refractivity contribution in [1.29, 1.82) is 0 Å². The number of rotatable bonds is 3. The van der Waals surface area contributed by atoms with E-state index in [-0.39, 0.29) is 6.10 Å². The number of nitrogens with zero attached hydrogens (tertiary/aromatic N) is 1. The van der Waals surface area contributed by atoms with Gasteiger partial charge in [-0.2, -0.15) is 0 Å². The van der Waals surface area contributed by atoms with Gasteiger partial charge in [-0.05, 0) is 26.0 Å². The van der Waals surface area contributed by atoms with Crippen LogP contribution < -0.4 is 5.32 Å². The highest BCUT2D eigenvalue weighted by Crippen LogP contribution is 2.25. The largest absolute Gasteiger partial charge is 0.369 e. The first kappa shape index (κ1) is 10.9. The van der Waals surface area contributed by atoms with Crippen molar-refractivity contribution < 1.29 is 4.74 Å². The van der Waals surface area contributed by atoms with Gasteiger partial charge < -0.3 is 10.1 Å². The van der Waals surface area contributed by atoms with Crippen LogP contribution in [0, 0.1) is 0 Å². The van der Waals surface area contributed by atoms with Crippen LogP contribution in [0.4, 0.5) is 0 Å². The molecule has 1 aromatic heterocycles. The minimum absolute atomic E-state index is 0.0103. The summed E-state index contributed by atoms with van der Waals surface area (Å²) < 4.78 is 5.89. The molecule has 2 heterocycles. The van der Waals surface area contributed by atoms with E-state index < -0.39 is 0 Å². The van der Waals surface area contributed by atoms with E-state index in [1.165, 1.54) is 0 Å². The fraction of sp³-hybridized carbons (Fsp3) is 0.545. The molecule has 0 amide bonds. The van der Waals surface area contributed by atoms with E-state index >= 15 is 0 Å². The fourth-order valence-electron chi connectivity index (χ4n) is 1.81. The number of pyridine rings is 1. The van der Waals surface area contributed by atoms with Crippen molar-refractivity contribution in [2.24, 2.45) is 0 Å². The second-order valence-corrected chi connectivity index (χ2v) is 4.13. The summed E-state index contributed by atoms with van der Waals surface area (Å²) in [4.78, 5) is 4.04. The van der Waals surface area contributed by atoms with E-state index in [1.54, 1.807) is 6.20 Å². The lowest BCUT2D eigenvalue weighted by Crippen LogP contribution is -2.18. The molecule has 0 saturated carbocycles. The van der Waals surface area contributed by atoms with Gasteiger partial charge in [0.1, 0.15) is 5.15 Å². The Morgan fingerprint density at radius 2 is 2.53 bits per heavy atom. The molecule has 1 fully saturated rings. The summed E-state index contributed by atoms with van der Waals surface area (Å²) in [7, 11) is 0. The van der Waals surface area contributed by atoms with Crippen LogP contribution in [0.2, 0.25) is 5.15 Å². The zero-order chi connectivity index (χ0) is 10.7. The third-order valence-electron chi connectivity index (χ3n) is 2.64. The van der Waals surface area contributed by atoms with E-state index in [2.05, 4.69) is 10.3 Å². The van der Waals surface area contributed by atoms with Crippen molar-refractivity contribution >= 4 is 11.6 Å². The van der Waals surface area contributed by atoms with Crippen LogP contribution in [-0.2, 0) is 4.74 Å². The summed E-state index contributed by atoms with van der Waals surface area (Å²) in [6, 6.07) is 3.84. The van der Waals surface area contributed by atoms with Crippen molar-refractivity contribution in [3.05, 3.63) is 29.0 Å². The summed E-state index contributed by atoms with van der Waals surface area (Å²) in [5.74, 6) is 0. The van der Waals surface area contributed by atoms with Crippen LogP contribution >= 0.6 is 11.6 Å². The van der Waals surface area contributed by atoms with E-state index in [4.69, 9.17) is 16.3 Å². The minimum atomic E-state index is 0.0103. The Kier molecular flexibility index (Phi) is 3.57. The third-order valence-corrected chi connectivity index (χ3v) is 2.95. The highest BCUT2D eigenvalue weighted by Gasteiger charge is 2.19. The van der Waals surface area contributed by atoms with Gasteiger partial charge in [-0.3, -0.25) is 0 Å². The van der Waals surface area contributed by atoms with Crippen molar-refractivity contribution in [3.63, 3.8) is 0 Å². The molecular weight excluding hydrogens is 212 g/mol. The van der Waals surface area contributed by atoms with Crippen LogP contribution in [0.1, 0.15) is 25.0 Å². The van der Waals surface area contributed by atoms with Crippen LogP contribution in [0.5, 0.6) is 0 Å². The van der Waals surface area contributed by atoms with Gasteiger partial charge in [-0.25, -0.2) is 4.98 Å². The number of nitrogens with one attached hydrogen (secondary N) is 1. The van der Waals surface area contributed by atoms with Gasteiger partial charge in [0.2, 0.25) is 0 Å². The topological polar surface area (TPSA) is 34.1 Å². The monoisotopic (exact) mass is 226 g/mol. The van der Waals surface area contributed by atoms with Crippen LogP contribution in [0.3, 0.4) is 0 Å². The molecule has 15 heavy (non-hydrogen) atoms.